The first-order valence-electron chi connectivity index (χ1n) is 5.94. The summed E-state index contributed by atoms with van der Waals surface area (Å²) in [6.07, 6.45) is 3.16. The molecule has 0 atom stereocenters. The standard InChI is InChI=1S/C14H12BrFN2O/c1-9-14(15)10-3-2-4-12(16)11(10)7-18(9)8-13-17-5-6-19-13/h2-6H,7-8H2,1H3. The lowest BCUT2D eigenvalue weighted by Gasteiger charge is -2.31. The molecule has 5 heteroatoms. The Labute approximate surface area is 118 Å². The van der Waals surface area contributed by atoms with E-state index in [0.29, 0.717) is 24.5 Å². The van der Waals surface area contributed by atoms with Crippen molar-refractivity contribution in [1.29, 1.82) is 0 Å². The fourth-order valence-electron chi connectivity index (χ4n) is 2.24. The number of aromatic nitrogens is 1. The molecule has 0 saturated heterocycles. The summed E-state index contributed by atoms with van der Waals surface area (Å²) in [6, 6.07) is 5.14. The molecule has 1 aromatic carbocycles. The lowest BCUT2D eigenvalue weighted by Crippen LogP contribution is -2.26. The first kappa shape index (κ1) is 12.4. The van der Waals surface area contributed by atoms with Gasteiger partial charge in [0.15, 0.2) is 0 Å². The van der Waals surface area contributed by atoms with Gasteiger partial charge < -0.3 is 9.32 Å². The number of hydrogen-bond donors (Lipinski definition) is 0. The molecular formula is C14H12BrFN2O. The van der Waals surface area contributed by atoms with E-state index in [-0.39, 0.29) is 5.82 Å². The molecule has 0 unspecified atom stereocenters. The Kier molecular flexibility index (Phi) is 3.14. The van der Waals surface area contributed by atoms with Crippen molar-refractivity contribution in [2.45, 2.75) is 20.0 Å². The molecule has 2 aromatic rings. The van der Waals surface area contributed by atoms with Crippen molar-refractivity contribution in [1.82, 2.24) is 9.88 Å². The molecule has 3 nitrogen and oxygen atoms in total. The van der Waals surface area contributed by atoms with Crippen LogP contribution in [-0.2, 0) is 13.1 Å². The van der Waals surface area contributed by atoms with Crippen molar-refractivity contribution in [3.63, 3.8) is 0 Å². The quantitative estimate of drug-likeness (QED) is 0.839. The summed E-state index contributed by atoms with van der Waals surface area (Å²) in [5, 5.41) is 0. The maximum atomic E-state index is 13.9. The second-order valence-electron chi connectivity index (χ2n) is 4.45. The van der Waals surface area contributed by atoms with Crippen LogP contribution in [0.2, 0.25) is 0 Å². The molecule has 0 bridgehead atoms. The SMILES string of the molecule is CC1=C(Br)c2cccc(F)c2CN1Cc1ncco1. The zero-order valence-corrected chi connectivity index (χ0v) is 11.9. The Morgan fingerprint density at radius 1 is 1.47 bits per heavy atom. The van der Waals surface area contributed by atoms with Crippen molar-refractivity contribution in [2.75, 3.05) is 0 Å². The smallest absolute Gasteiger partial charge is 0.213 e. The van der Waals surface area contributed by atoms with Crippen LogP contribution in [0.15, 0.2) is 40.8 Å². The maximum Gasteiger partial charge on any atom is 0.213 e. The molecular weight excluding hydrogens is 311 g/mol. The Bertz CT molecular complexity index is 637. The van der Waals surface area contributed by atoms with E-state index in [9.17, 15) is 4.39 Å². The number of fused-ring (bicyclic) bond motifs is 1. The Morgan fingerprint density at radius 2 is 2.32 bits per heavy atom. The van der Waals surface area contributed by atoms with Gasteiger partial charge in [-0.2, -0.15) is 0 Å². The number of oxazole rings is 1. The van der Waals surface area contributed by atoms with Gasteiger partial charge in [0, 0.05) is 22.3 Å². The highest BCUT2D eigenvalue weighted by Crippen LogP contribution is 2.37. The maximum absolute atomic E-state index is 13.9. The molecule has 19 heavy (non-hydrogen) atoms. The zero-order chi connectivity index (χ0) is 13.4. The van der Waals surface area contributed by atoms with E-state index in [4.69, 9.17) is 4.42 Å². The molecule has 1 aliphatic rings. The van der Waals surface area contributed by atoms with E-state index >= 15 is 0 Å². The lowest BCUT2D eigenvalue weighted by atomic mass is 10.0. The first-order valence-corrected chi connectivity index (χ1v) is 6.73. The molecule has 2 heterocycles. The van der Waals surface area contributed by atoms with Crippen LogP contribution in [0, 0.1) is 5.82 Å². The van der Waals surface area contributed by atoms with E-state index in [1.165, 1.54) is 6.07 Å². The van der Waals surface area contributed by atoms with Gasteiger partial charge in [0.05, 0.1) is 12.7 Å². The third kappa shape index (κ3) is 2.18. The highest BCUT2D eigenvalue weighted by Gasteiger charge is 2.24. The summed E-state index contributed by atoms with van der Waals surface area (Å²) in [5.41, 5.74) is 2.67. The summed E-state index contributed by atoms with van der Waals surface area (Å²) >= 11 is 3.55. The third-order valence-electron chi connectivity index (χ3n) is 3.31. The summed E-state index contributed by atoms with van der Waals surface area (Å²) < 4.78 is 20.1. The van der Waals surface area contributed by atoms with Crippen LogP contribution >= 0.6 is 15.9 Å². The summed E-state index contributed by atoms with van der Waals surface area (Å²) in [7, 11) is 0. The van der Waals surface area contributed by atoms with Crippen LogP contribution < -0.4 is 0 Å². The second-order valence-corrected chi connectivity index (χ2v) is 5.24. The summed E-state index contributed by atoms with van der Waals surface area (Å²) in [5.74, 6) is 0.443. The molecule has 0 amide bonds. The molecule has 0 radical (unpaired) electrons. The predicted molar refractivity (Wildman–Crippen MR) is 73.7 cm³/mol. The number of benzene rings is 1. The highest BCUT2D eigenvalue weighted by atomic mass is 79.9. The summed E-state index contributed by atoms with van der Waals surface area (Å²) in [6.45, 7) is 3.05. The van der Waals surface area contributed by atoms with Crippen molar-refractivity contribution >= 4 is 20.4 Å². The highest BCUT2D eigenvalue weighted by molar-refractivity contribution is 9.15. The van der Waals surface area contributed by atoms with Gasteiger partial charge in [-0.25, -0.2) is 9.37 Å². The van der Waals surface area contributed by atoms with Crippen LogP contribution in [0.5, 0.6) is 0 Å². The van der Waals surface area contributed by atoms with Crippen LogP contribution in [0.25, 0.3) is 4.48 Å². The largest absolute Gasteiger partial charge is 0.447 e. The molecule has 1 aliphatic heterocycles. The zero-order valence-electron chi connectivity index (χ0n) is 10.4. The van der Waals surface area contributed by atoms with Crippen LogP contribution in [0.3, 0.4) is 0 Å². The number of nitrogens with zero attached hydrogens (tertiary/aromatic N) is 2. The molecule has 1 aromatic heterocycles. The van der Waals surface area contributed by atoms with Crippen LogP contribution in [0.1, 0.15) is 23.9 Å². The van der Waals surface area contributed by atoms with E-state index < -0.39 is 0 Å². The van der Waals surface area contributed by atoms with Gasteiger partial charge in [-0.15, -0.1) is 0 Å². The molecule has 0 fully saturated rings. The lowest BCUT2D eigenvalue weighted by molar-refractivity contribution is 0.284. The van der Waals surface area contributed by atoms with Crippen molar-refractivity contribution in [3.05, 3.63) is 59.2 Å². The van der Waals surface area contributed by atoms with Gasteiger partial charge in [0.1, 0.15) is 12.1 Å². The van der Waals surface area contributed by atoms with Crippen molar-refractivity contribution in [3.8, 4) is 0 Å². The van der Waals surface area contributed by atoms with Crippen LogP contribution in [-0.4, -0.2) is 9.88 Å². The van der Waals surface area contributed by atoms with Gasteiger partial charge in [-0.3, -0.25) is 0 Å². The number of hydrogen-bond acceptors (Lipinski definition) is 3. The minimum atomic E-state index is -0.181. The average Bonchev–Trinajstić information content (AvgIpc) is 2.90. The third-order valence-corrected chi connectivity index (χ3v) is 4.31. The average molecular weight is 323 g/mol. The van der Waals surface area contributed by atoms with Crippen molar-refractivity contribution < 1.29 is 8.81 Å². The van der Waals surface area contributed by atoms with Gasteiger partial charge in [-0.05, 0) is 34.5 Å². The topological polar surface area (TPSA) is 29.3 Å². The fraction of sp³-hybridized carbons (Fsp3) is 0.214. The molecule has 0 saturated carbocycles. The van der Waals surface area contributed by atoms with Gasteiger partial charge in [0.2, 0.25) is 5.89 Å². The van der Waals surface area contributed by atoms with Gasteiger partial charge in [0.25, 0.3) is 0 Å². The van der Waals surface area contributed by atoms with E-state index in [2.05, 4.69) is 20.9 Å². The van der Waals surface area contributed by atoms with E-state index in [1.807, 2.05) is 17.9 Å². The molecule has 3 rings (SSSR count). The monoisotopic (exact) mass is 322 g/mol. The number of rotatable bonds is 2. The van der Waals surface area contributed by atoms with Gasteiger partial charge in [-0.1, -0.05) is 12.1 Å². The van der Waals surface area contributed by atoms with E-state index in [0.717, 1.165) is 15.7 Å². The van der Waals surface area contributed by atoms with Gasteiger partial charge >= 0.3 is 0 Å². The Balaban J connectivity index is 1.98. The Morgan fingerprint density at radius 3 is 3.05 bits per heavy atom. The minimum Gasteiger partial charge on any atom is -0.447 e. The van der Waals surface area contributed by atoms with Crippen LogP contribution in [0.4, 0.5) is 4.39 Å². The molecule has 0 spiro atoms. The molecule has 98 valence electrons. The normalized spacial score (nSPS) is 14.8. The number of allylic oxidation sites excluding steroid dienone is 1. The fourth-order valence-corrected chi connectivity index (χ4v) is 2.86. The minimum absolute atomic E-state index is 0.181. The molecule has 0 N–H and O–H groups in total. The molecule has 0 aliphatic carbocycles. The summed E-state index contributed by atoms with van der Waals surface area (Å²) in [4.78, 5) is 6.15. The predicted octanol–water partition coefficient (Wildman–Crippen LogP) is 3.91. The number of halogens is 2. The van der Waals surface area contributed by atoms with E-state index in [1.54, 1.807) is 18.5 Å². The van der Waals surface area contributed by atoms with Crippen molar-refractivity contribution in [2.24, 2.45) is 0 Å². The first-order chi connectivity index (χ1) is 9.16. The second kappa shape index (κ2) is 4.81. The Hall–Kier alpha value is -1.62.